The standard InChI is InChI=1S/C21H29O4PSi/c1-7-8-16(22)14-11-18(24-2)21(19(12-14)25-3)26-15-9-10-17(23)20(13-15)27(4,5)6/h9-13,23,26H,7-8H2,1-6H3. The Balaban J connectivity index is 2.48. The molecule has 27 heavy (non-hydrogen) atoms. The third-order valence-corrected chi connectivity index (χ3v) is 7.74. The van der Waals surface area contributed by atoms with Gasteiger partial charge < -0.3 is 14.6 Å². The van der Waals surface area contributed by atoms with Gasteiger partial charge in [0.15, 0.2) is 5.78 Å². The molecule has 6 heteroatoms. The van der Waals surface area contributed by atoms with Crippen molar-refractivity contribution >= 4 is 38.2 Å². The second kappa shape index (κ2) is 8.90. The number of ether oxygens (including phenoxy) is 2. The summed E-state index contributed by atoms with van der Waals surface area (Å²) in [6.07, 6.45) is 1.31. The summed E-state index contributed by atoms with van der Waals surface area (Å²) in [5.41, 5.74) is 0.618. The normalized spacial score (nSPS) is 11.8. The number of hydrogen-bond acceptors (Lipinski definition) is 4. The Bertz CT molecular complexity index is 802. The van der Waals surface area contributed by atoms with Crippen LogP contribution in [0.2, 0.25) is 19.6 Å². The molecule has 1 atom stereocenters. The van der Waals surface area contributed by atoms with Crippen LogP contribution < -0.4 is 25.3 Å². The summed E-state index contributed by atoms with van der Waals surface area (Å²) in [6.45, 7) is 8.63. The summed E-state index contributed by atoms with van der Waals surface area (Å²) in [5.74, 6) is 1.78. The first-order valence-corrected chi connectivity index (χ1v) is 13.6. The molecular formula is C21H29O4PSi. The fourth-order valence-electron chi connectivity index (χ4n) is 2.93. The topological polar surface area (TPSA) is 55.8 Å². The molecule has 0 saturated carbocycles. The number of rotatable bonds is 8. The van der Waals surface area contributed by atoms with Crippen molar-refractivity contribution < 1.29 is 19.4 Å². The maximum Gasteiger partial charge on any atom is 0.163 e. The van der Waals surface area contributed by atoms with E-state index in [1.54, 1.807) is 20.3 Å². The molecule has 0 bridgehead atoms. The highest BCUT2D eigenvalue weighted by molar-refractivity contribution is 7.56. The molecule has 0 aliphatic rings. The average Bonchev–Trinajstić information content (AvgIpc) is 2.62. The zero-order valence-electron chi connectivity index (χ0n) is 17.0. The lowest BCUT2D eigenvalue weighted by Gasteiger charge is -2.20. The minimum absolute atomic E-state index is 0.0923. The maximum absolute atomic E-state index is 12.3. The number of Topliss-reactive ketones (excluding diaryl/α,β-unsaturated/α-hetero) is 1. The number of carbonyl (C=O) groups is 1. The predicted molar refractivity (Wildman–Crippen MR) is 117 cm³/mol. The van der Waals surface area contributed by atoms with Gasteiger partial charge in [-0.3, -0.25) is 4.79 Å². The van der Waals surface area contributed by atoms with Gasteiger partial charge in [-0.25, -0.2) is 0 Å². The van der Waals surface area contributed by atoms with Crippen molar-refractivity contribution in [1.29, 1.82) is 0 Å². The highest BCUT2D eigenvalue weighted by Gasteiger charge is 2.22. The van der Waals surface area contributed by atoms with E-state index in [-0.39, 0.29) is 5.78 Å². The van der Waals surface area contributed by atoms with Gasteiger partial charge in [0.05, 0.1) is 27.6 Å². The van der Waals surface area contributed by atoms with Gasteiger partial charge in [-0.2, -0.15) is 0 Å². The van der Waals surface area contributed by atoms with Crippen LogP contribution in [-0.2, 0) is 0 Å². The van der Waals surface area contributed by atoms with E-state index in [0.29, 0.717) is 37.8 Å². The molecule has 0 aliphatic carbocycles. The Morgan fingerprint density at radius 2 is 1.67 bits per heavy atom. The quantitative estimate of drug-likeness (QED) is 0.415. The van der Waals surface area contributed by atoms with Gasteiger partial charge in [-0.15, -0.1) is 0 Å². The Morgan fingerprint density at radius 3 is 2.15 bits per heavy atom. The largest absolute Gasteiger partial charge is 0.508 e. The van der Waals surface area contributed by atoms with Gasteiger partial charge >= 0.3 is 0 Å². The van der Waals surface area contributed by atoms with Crippen LogP contribution in [-0.4, -0.2) is 33.2 Å². The number of aromatic hydroxyl groups is 1. The van der Waals surface area contributed by atoms with E-state index >= 15 is 0 Å². The van der Waals surface area contributed by atoms with Crippen LogP contribution in [0.15, 0.2) is 30.3 Å². The lowest BCUT2D eigenvalue weighted by molar-refractivity contribution is 0.0981. The van der Waals surface area contributed by atoms with Crippen LogP contribution in [0.4, 0.5) is 0 Å². The molecule has 0 aromatic heterocycles. The van der Waals surface area contributed by atoms with Crippen molar-refractivity contribution in [2.75, 3.05) is 14.2 Å². The summed E-state index contributed by atoms with van der Waals surface area (Å²) in [6, 6.07) is 9.42. The molecule has 4 nitrogen and oxygen atoms in total. The summed E-state index contributed by atoms with van der Waals surface area (Å²) >= 11 is 0. The molecule has 2 aromatic rings. The van der Waals surface area contributed by atoms with Gasteiger partial charge in [0.2, 0.25) is 0 Å². The van der Waals surface area contributed by atoms with Gasteiger partial charge in [-0.05, 0) is 35.1 Å². The van der Waals surface area contributed by atoms with Crippen molar-refractivity contribution in [2.45, 2.75) is 39.4 Å². The lowest BCUT2D eigenvalue weighted by atomic mass is 10.1. The number of phenols is 1. The Kier molecular flexibility index (Phi) is 7.07. The number of ketones is 1. The monoisotopic (exact) mass is 404 g/mol. The molecule has 0 radical (unpaired) electrons. The van der Waals surface area contributed by atoms with E-state index < -0.39 is 8.07 Å². The van der Waals surface area contributed by atoms with E-state index in [0.717, 1.165) is 22.2 Å². The second-order valence-electron chi connectivity index (χ2n) is 7.54. The fraction of sp³-hybridized carbons (Fsp3) is 0.381. The Hall–Kier alpha value is -1.84. The molecule has 0 saturated heterocycles. The summed E-state index contributed by atoms with van der Waals surface area (Å²) in [5, 5.41) is 13.3. The molecule has 0 amide bonds. The summed E-state index contributed by atoms with van der Waals surface area (Å²) in [7, 11) is 1.87. The molecule has 2 aromatic carbocycles. The molecule has 1 N–H and O–H groups in total. The van der Waals surface area contributed by atoms with E-state index in [1.165, 1.54) is 0 Å². The first-order chi connectivity index (χ1) is 12.7. The van der Waals surface area contributed by atoms with Gasteiger partial charge in [0, 0.05) is 12.0 Å². The minimum Gasteiger partial charge on any atom is -0.508 e. The first-order valence-electron chi connectivity index (χ1n) is 9.11. The first kappa shape index (κ1) is 21.5. The number of benzene rings is 2. The zero-order chi connectivity index (χ0) is 20.2. The van der Waals surface area contributed by atoms with E-state index in [1.807, 2.05) is 25.1 Å². The van der Waals surface area contributed by atoms with E-state index in [9.17, 15) is 9.90 Å². The summed E-state index contributed by atoms with van der Waals surface area (Å²) < 4.78 is 11.2. The fourth-order valence-corrected chi connectivity index (χ4v) is 5.78. The zero-order valence-corrected chi connectivity index (χ0v) is 19.0. The van der Waals surface area contributed by atoms with Gasteiger partial charge in [-0.1, -0.05) is 47.3 Å². The maximum atomic E-state index is 12.3. The van der Waals surface area contributed by atoms with Crippen LogP contribution >= 0.6 is 8.58 Å². The summed E-state index contributed by atoms with van der Waals surface area (Å²) in [4.78, 5) is 12.3. The van der Waals surface area contributed by atoms with Crippen molar-refractivity contribution in [3.63, 3.8) is 0 Å². The smallest absolute Gasteiger partial charge is 0.163 e. The van der Waals surface area contributed by atoms with Crippen LogP contribution in [0, 0.1) is 0 Å². The van der Waals surface area contributed by atoms with E-state index in [4.69, 9.17) is 9.47 Å². The molecule has 2 rings (SSSR count). The average molecular weight is 405 g/mol. The number of carbonyl (C=O) groups excluding carboxylic acids is 1. The molecule has 0 fully saturated rings. The van der Waals surface area contributed by atoms with Crippen molar-refractivity contribution in [3.05, 3.63) is 35.9 Å². The van der Waals surface area contributed by atoms with Crippen LogP contribution in [0.25, 0.3) is 0 Å². The minimum atomic E-state index is -1.66. The predicted octanol–water partition coefficient (Wildman–Crippen LogP) is 3.57. The molecule has 0 spiro atoms. The lowest BCUT2D eigenvalue weighted by Crippen LogP contribution is -2.39. The van der Waals surface area contributed by atoms with Crippen LogP contribution in [0.3, 0.4) is 0 Å². The van der Waals surface area contributed by atoms with Gasteiger partial charge in [0.25, 0.3) is 0 Å². The molecular weight excluding hydrogens is 375 g/mol. The molecule has 0 heterocycles. The number of phenolic OH excluding ortho intramolecular Hbond substituents is 1. The van der Waals surface area contributed by atoms with Crippen molar-refractivity contribution in [1.82, 2.24) is 0 Å². The van der Waals surface area contributed by atoms with E-state index in [2.05, 4.69) is 25.7 Å². The number of methoxy groups -OCH3 is 2. The SMILES string of the molecule is CCCC(=O)c1cc(OC)c(Pc2ccc(O)c([Si](C)(C)C)c2)c(OC)c1. The van der Waals surface area contributed by atoms with Crippen LogP contribution in [0.1, 0.15) is 30.1 Å². The number of hydrogen-bond donors (Lipinski definition) is 1. The van der Waals surface area contributed by atoms with Crippen molar-refractivity contribution in [3.8, 4) is 17.2 Å². The van der Waals surface area contributed by atoms with Crippen molar-refractivity contribution in [2.24, 2.45) is 0 Å². The Morgan fingerprint density at radius 1 is 1.07 bits per heavy atom. The second-order valence-corrected chi connectivity index (χ2v) is 13.9. The Labute approximate surface area is 164 Å². The van der Waals surface area contributed by atoms with Gasteiger partial charge in [0.1, 0.15) is 17.2 Å². The molecule has 146 valence electrons. The van der Waals surface area contributed by atoms with Crippen LogP contribution in [0.5, 0.6) is 17.2 Å². The highest BCUT2D eigenvalue weighted by atomic mass is 31.1. The molecule has 0 aliphatic heterocycles. The third kappa shape index (κ3) is 5.11. The molecule has 1 unspecified atom stereocenters. The third-order valence-electron chi connectivity index (χ3n) is 4.38. The highest BCUT2D eigenvalue weighted by Crippen LogP contribution is 2.30.